The van der Waals surface area contributed by atoms with Crippen molar-refractivity contribution in [3.63, 3.8) is 0 Å². The van der Waals surface area contributed by atoms with Crippen molar-refractivity contribution in [3.05, 3.63) is 42.1 Å². The molecule has 0 spiro atoms. The van der Waals surface area contributed by atoms with Crippen LogP contribution in [0.1, 0.15) is 31.2 Å². The SMILES string of the molecule is OCCCN(Cc1cccc2cccnc12)C1CCC1. The number of hydrogen-bond donors (Lipinski definition) is 1. The molecule has 0 atom stereocenters. The molecule has 1 aliphatic carbocycles. The maximum atomic E-state index is 9.09. The smallest absolute Gasteiger partial charge is 0.0746 e. The van der Waals surface area contributed by atoms with Gasteiger partial charge in [0.25, 0.3) is 0 Å². The van der Waals surface area contributed by atoms with Crippen molar-refractivity contribution in [2.75, 3.05) is 13.2 Å². The monoisotopic (exact) mass is 270 g/mol. The summed E-state index contributed by atoms with van der Waals surface area (Å²) in [6.45, 7) is 2.19. The molecule has 0 aliphatic heterocycles. The minimum atomic E-state index is 0.275. The standard InChI is InChI=1S/C17H22N2O/c20-12-4-11-19(16-8-2-9-16)13-15-6-1-5-14-7-3-10-18-17(14)15/h1,3,5-7,10,16,20H,2,4,8-9,11-13H2. The van der Waals surface area contributed by atoms with Crippen molar-refractivity contribution in [3.8, 4) is 0 Å². The molecule has 0 bridgehead atoms. The van der Waals surface area contributed by atoms with E-state index in [1.807, 2.05) is 12.3 Å². The van der Waals surface area contributed by atoms with E-state index in [0.29, 0.717) is 6.04 Å². The summed E-state index contributed by atoms with van der Waals surface area (Å²) in [7, 11) is 0. The highest BCUT2D eigenvalue weighted by atomic mass is 16.3. The molecule has 1 aromatic carbocycles. The number of pyridine rings is 1. The number of rotatable bonds is 6. The Balaban J connectivity index is 1.82. The summed E-state index contributed by atoms with van der Waals surface area (Å²) >= 11 is 0. The molecule has 1 saturated carbocycles. The summed E-state index contributed by atoms with van der Waals surface area (Å²) in [6, 6.07) is 11.2. The molecule has 0 unspecified atom stereocenters. The lowest BCUT2D eigenvalue weighted by Gasteiger charge is -2.37. The zero-order valence-electron chi connectivity index (χ0n) is 11.8. The Morgan fingerprint density at radius 2 is 2.05 bits per heavy atom. The van der Waals surface area contributed by atoms with E-state index < -0.39 is 0 Å². The molecule has 0 radical (unpaired) electrons. The molecule has 3 heteroatoms. The molecule has 3 rings (SSSR count). The van der Waals surface area contributed by atoms with E-state index in [0.717, 1.165) is 25.0 Å². The van der Waals surface area contributed by atoms with Crippen molar-refractivity contribution in [1.82, 2.24) is 9.88 Å². The van der Waals surface area contributed by atoms with Gasteiger partial charge in [0.15, 0.2) is 0 Å². The Kier molecular flexibility index (Phi) is 4.28. The van der Waals surface area contributed by atoms with Gasteiger partial charge < -0.3 is 5.11 Å². The topological polar surface area (TPSA) is 36.4 Å². The highest BCUT2D eigenvalue weighted by molar-refractivity contribution is 5.81. The van der Waals surface area contributed by atoms with Gasteiger partial charge in [-0.05, 0) is 30.9 Å². The highest BCUT2D eigenvalue weighted by Crippen LogP contribution is 2.27. The lowest BCUT2D eigenvalue weighted by atomic mass is 9.91. The molecule has 1 heterocycles. The van der Waals surface area contributed by atoms with Crippen LogP contribution in [0.25, 0.3) is 10.9 Å². The van der Waals surface area contributed by atoms with Crippen LogP contribution in [0.4, 0.5) is 0 Å². The van der Waals surface area contributed by atoms with Crippen molar-refractivity contribution >= 4 is 10.9 Å². The van der Waals surface area contributed by atoms with Gasteiger partial charge >= 0.3 is 0 Å². The zero-order valence-corrected chi connectivity index (χ0v) is 11.8. The van der Waals surface area contributed by atoms with Gasteiger partial charge in [-0.15, -0.1) is 0 Å². The Labute approximate surface area is 120 Å². The van der Waals surface area contributed by atoms with E-state index in [4.69, 9.17) is 5.11 Å². The summed E-state index contributed by atoms with van der Waals surface area (Å²) in [5.41, 5.74) is 2.41. The molecule has 1 fully saturated rings. The number of fused-ring (bicyclic) bond motifs is 1. The summed E-state index contributed by atoms with van der Waals surface area (Å²) in [6.07, 6.45) is 6.66. The predicted molar refractivity (Wildman–Crippen MR) is 81.5 cm³/mol. The van der Waals surface area contributed by atoms with Crippen LogP contribution in [0.2, 0.25) is 0 Å². The average molecular weight is 270 g/mol. The van der Waals surface area contributed by atoms with Crippen LogP contribution >= 0.6 is 0 Å². The molecular weight excluding hydrogens is 248 g/mol. The Morgan fingerprint density at radius 1 is 1.20 bits per heavy atom. The number of aromatic nitrogens is 1. The minimum absolute atomic E-state index is 0.275. The third-order valence-electron chi connectivity index (χ3n) is 4.28. The molecule has 1 N–H and O–H groups in total. The van der Waals surface area contributed by atoms with Crippen LogP contribution in [-0.4, -0.2) is 34.2 Å². The van der Waals surface area contributed by atoms with Crippen molar-refractivity contribution in [2.24, 2.45) is 0 Å². The number of benzene rings is 1. The van der Waals surface area contributed by atoms with Crippen molar-refractivity contribution in [2.45, 2.75) is 38.3 Å². The van der Waals surface area contributed by atoms with Crippen LogP contribution in [-0.2, 0) is 6.54 Å². The molecule has 0 amide bonds. The van der Waals surface area contributed by atoms with Gasteiger partial charge in [-0.2, -0.15) is 0 Å². The molecule has 1 aromatic heterocycles. The van der Waals surface area contributed by atoms with E-state index in [1.165, 1.54) is 30.2 Å². The summed E-state index contributed by atoms with van der Waals surface area (Å²) in [5.74, 6) is 0. The van der Waals surface area contributed by atoms with E-state index in [9.17, 15) is 0 Å². The lowest BCUT2D eigenvalue weighted by molar-refractivity contribution is 0.110. The van der Waals surface area contributed by atoms with Crippen molar-refractivity contribution < 1.29 is 5.11 Å². The largest absolute Gasteiger partial charge is 0.396 e. The summed E-state index contributed by atoms with van der Waals surface area (Å²) in [5, 5.41) is 10.3. The van der Waals surface area contributed by atoms with Gasteiger partial charge in [0, 0.05) is 37.3 Å². The van der Waals surface area contributed by atoms with E-state index in [-0.39, 0.29) is 6.61 Å². The second kappa shape index (κ2) is 6.33. The Hall–Kier alpha value is -1.45. The molecular formula is C17H22N2O. The highest BCUT2D eigenvalue weighted by Gasteiger charge is 2.24. The van der Waals surface area contributed by atoms with E-state index in [1.54, 1.807) is 0 Å². The minimum Gasteiger partial charge on any atom is -0.396 e. The van der Waals surface area contributed by atoms with Gasteiger partial charge in [-0.3, -0.25) is 9.88 Å². The average Bonchev–Trinajstić information content (AvgIpc) is 2.43. The third-order valence-corrected chi connectivity index (χ3v) is 4.28. The van der Waals surface area contributed by atoms with Gasteiger partial charge in [0.05, 0.1) is 5.52 Å². The van der Waals surface area contributed by atoms with Gasteiger partial charge in [0.2, 0.25) is 0 Å². The van der Waals surface area contributed by atoms with Crippen LogP contribution < -0.4 is 0 Å². The number of hydrogen-bond acceptors (Lipinski definition) is 3. The summed E-state index contributed by atoms with van der Waals surface area (Å²) in [4.78, 5) is 7.06. The molecule has 1 aliphatic rings. The van der Waals surface area contributed by atoms with Gasteiger partial charge in [-0.1, -0.05) is 30.7 Å². The van der Waals surface area contributed by atoms with E-state index >= 15 is 0 Å². The molecule has 106 valence electrons. The molecule has 2 aromatic rings. The first-order valence-corrected chi connectivity index (χ1v) is 7.56. The first kappa shape index (κ1) is 13.5. The quantitative estimate of drug-likeness (QED) is 0.876. The first-order valence-electron chi connectivity index (χ1n) is 7.56. The lowest BCUT2D eigenvalue weighted by Crippen LogP contribution is -2.40. The predicted octanol–water partition coefficient (Wildman–Crippen LogP) is 2.97. The number of aliphatic hydroxyl groups excluding tert-OH is 1. The zero-order chi connectivity index (χ0) is 13.8. The van der Waals surface area contributed by atoms with E-state index in [2.05, 4.69) is 34.1 Å². The summed E-state index contributed by atoms with van der Waals surface area (Å²) < 4.78 is 0. The molecule has 20 heavy (non-hydrogen) atoms. The first-order chi connectivity index (χ1) is 9.88. The second-order valence-electron chi connectivity index (χ2n) is 5.62. The maximum Gasteiger partial charge on any atom is 0.0746 e. The van der Waals surface area contributed by atoms with Crippen LogP contribution in [0, 0.1) is 0 Å². The van der Waals surface area contributed by atoms with Crippen LogP contribution in [0.15, 0.2) is 36.5 Å². The second-order valence-corrected chi connectivity index (χ2v) is 5.62. The van der Waals surface area contributed by atoms with Crippen LogP contribution in [0.3, 0.4) is 0 Å². The number of aliphatic hydroxyl groups is 1. The normalized spacial score (nSPS) is 15.7. The molecule has 3 nitrogen and oxygen atoms in total. The van der Waals surface area contributed by atoms with Crippen molar-refractivity contribution in [1.29, 1.82) is 0 Å². The van der Waals surface area contributed by atoms with Gasteiger partial charge in [0.1, 0.15) is 0 Å². The molecule has 0 saturated heterocycles. The maximum absolute atomic E-state index is 9.09. The Morgan fingerprint density at radius 3 is 2.80 bits per heavy atom. The fraction of sp³-hybridized carbons (Fsp3) is 0.471. The number of nitrogens with zero attached hydrogens (tertiary/aromatic N) is 2. The fourth-order valence-corrected chi connectivity index (χ4v) is 2.93. The third kappa shape index (κ3) is 2.84. The fourth-order valence-electron chi connectivity index (χ4n) is 2.93. The Bertz CT molecular complexity index is 560. The van der Waals surface area contributed by atoms with Gasteiger partial charge in [-0.25, -0.2) is 0 Å². The number of para-hydroxylation sites is 1. The van der Waals surface area contributed by atoms with Crippen LogP contribution in [0.5, 0.6) is 0 Å².